The number of hydrogen-bond acceptors (Lipinski definition) is 4. The molecule has 0 aliphatic carbocycles. The highest BCUT2D eigenvalue weighted by Crippen LogP contribution is 2.36. The van der Waals surface area contributed by atoms with E-state index in [2.05, 4.69) is 0 Å². The molecule has 0 aromatic heterocycles. The summed E-state index contributed by atoms with van der Waals surface area (Å²) < 4.78 is 13.6. The highest BCUT2D eigenvalue weighted by atomic mass is 35.5. The number of piperidine rings is 1. The van der Waals surface area contributed by atoms with Gasteiger partial charge in [-0.3, -0.25) is 14.4 Å². The predicted octanol–water partition coefficient (Wildman–Crippen LogP) is 4.00. The molecule has 2 heterocycles. The summed E-state index contributed by atoms with van der Waals surface area (Å²) in [5, 5.41) is 0.544. The van der Waals surface area contributed by atoms with Crippen LogP contribution in [0.4, 0.5) is 5.69 Å². The smallest absolute Gasteiger partial charge is 0.259 e. The number of anilines is 1. The predicted molar refractivity (Wildman–Crippen MR) is 137 cm³/mol. The van der Waals surface area contributed by atoms with Gasteiger partial charge in [0.2, 0.25) is 5.91 Å². The molecule has 0 bridgehead atoms. The third-order valence-electron chi connectivity index (χ3n) is 6.67. The van der Waals surface area contributed by atoms with Crippen molar-refractivity contribution < 1.29 is 18.6 Å². The first-order valence-corrected chi connectivity index (χ1v) is 13.2. The Morgan fingerprint density at radius 1 is 0.972 bits per heavy atom. The van der Waals surface area contributed by atoms with Gasteiger partial charge in [0, 0.05) is 29.6 Å². The van der Waals surface area contributed by atoms with Crippen LogP contribution in [0.15, 0.2) is 76.5 Å². The minimum absolute atomic E-state index is 0.194. The number of amides is 3. The van der Waals surface area contributed by atoms with Gasteiger partial charge in [-0.25, -0.2) is 4.21 Å². The number of nitrogens with zero attached hydrogens (tertiary/aromatic N) is 2. The van der Waals surface area contributed by atoms with Crippen molar-refractivity contribution in [2.45, 2.75) is 29.2 Å². The fourth-order valence-corrected chi connectivity index (χ4v) is 6.28. The number of hydrogen-bond donors (Lipinski definition) is 1. The Morgan fingerprint density at radius 3 is 2.44 bits per heavy atom. The number of likely N-dealkylation sites (tertiary alicyclic amines) is 1. The molecule has 3 aromatic carbocycles. The first-order valence-electron chi connectivity index (χ1n) is 11.6. The highest BCUT2D eigenvalue weighted by molar-refractivity contribution is 7.85. The first kappa shape index (κ1) is 24.2. The van der Waals surface area contributed by atoms with Crippen molar-refractivity contribution in [3.8, 4) is 0 Å². The average molecular weight is 522 g/mol. The van der Waals surface area contributed by atoms with Crippen LogP contribution in [-0.4, -0.2) is 39.9 Å². The van der Waals surface area contributed by atoms with Gasteiger partial charge in [0.25, 0.3) is 11.8 Å². The first-order chi connectivity index (χ1) is 17.3. The Labute approximate surface area is 216 Å². The molecular weight excluding hydrogens is 498 g/mol. The summed E-state index contributed by atoms with van der Waals surface area (Å²) in [6.45, 7) is 1.04. The number of rotatable bonds is 4. The SMILES string of the molecule is NC(=O)C1CCN(C(=O)c2ccc3c(c2)N(Cc2cccc(Cl)c2)C(=O)c2ccccc2[S@]3=O)CC1. The molecule has 2 aliphatic rings. The highest BCUT2D eigenvalue weighted by Gasteiger charge is 2.33. The van der Waals surface area contributed by atoms with Crippen LogP contribution in [0, 0.1) is 5.92 Å². The molecule has 9 heteroatoms. The summed E-state index contributed by atoms with van der Waals surface area (Å²) in [5.41, 5.74) is 7.39. The van der Waals surface area contributed by atoms with Gasteiger partial charge in [0.05, 0.1) is 38.4 Å². The topological polar surface area (TPSA) is 101 Å². The summed E-state index contributed by atoms with van der Waals surface area (Å²) in [7, 11) is -1.61. The minimum Gasteiger partial charge on any atom is -0.369 e. The summed E-state index contributed by atoms with van der Waals surface area (Å²) in [6.07, 6.45) is 1.04. The molecule has 5 rings (SSSR count). The number of carbonyl (C=O) groups is 3. The van der Waals surface area contributed by atoms with E-state index in [1.165, 1.54) is 0 Å². The maximum Gasteiger partial charge on any atom is 0.259 e. The van der Waals surface area contributed by atoms with Gasteiger partial charge in [-0.1, -0.05) is 35.9 Å². The van der Waals surface area contributed by atoms with Crippen molar-refractivity contribution >= 4 is 45.8 Å². The van der Waals surface area contributed by atoms with Crippen LogP contribution in [0.2, 0.25) is 5.02 Å². The third kappa shape index (κ3) is 4.54. The molecule has 1 saturated heterocycles. The lowest BCUT2D eigenvalue weighted by molar-refractivity contribution is -0.123. The van der Waals surface area contributed by atoms with Crippen LogP contribution >= 0.6 is 11.6 Å². The van der Waals surface area contributed by atoms with Gasteiger partial charge in [0.1, 0.15) is 0 Å². The van der Waals surface area contributed by atoms with Gasteiger partial charge < -0.3 is 15.5 Å². The van der Waals surface area contributed by atoms with E-state index in [4.69, 9.17) is 17.3 Å². The van der Waals surface area contributed by atoms with Crippen molar-refractivity contribution in [2.24, 2.45) is 11.7 Å². The van der Waals surface area contributed by atoms with Gasteiger partial charge in [-0.2, -0.15) is 0 Å². The molecule has 2 aliphatic heterocycles. The Balaban J connectivity index is 1.55. The Morgan fingerprint density at radius 2 is 1.72 bits per heavy atom. The molecule has 3 aromatic rings. The van der Waals surface area contributed by atoms with Gasteiger partial charge in [-0.05, 0) is 60.9 Å². The second-order valence-corrected chi connectivity index (χ2v) is 10.8. The van der Waals surface area contributed by atoms with E-state index >= 15 is 0 Å². The largest absolute Gasteiger partial charge is 0.369 e. The molecule has 1 atom stereocenters. The van der Waals surface area contributed by atoms with Crippen LogP contribution in [0.5, 0.6) is 0 Å². The molecule has 0 radical (unpaired) electrons. The summed E-state index contributed by atoms with van der Waals surface area (Å²) >= 11 is 6.19. The molecule has 36 heavy (non-hydrogen) atoms. The normalized spacial score (nSPS) is 17.8. The van der Waals surface area contributed by atoms with Crippen LogP contribution in [-0.2, 0) is 22.1 Å². The van der Waals surface area contributed by atoms with E-state index in [0.717, 1.165) is 5.56 Å². The molecule has 0 spiro atoms. The molecule has 0 unspecified atom stereocenters. The zero-order valence-corrected chi connectivity index (χ0v) is 20.9. The summed E-state index contributed by atoms with van der Waals surface area (Å²) in [5.74, 6) is -1.08. The van der Waals surface area contributed by atoms with Crippen LogP contribution < -0.4 is 10.6 Å². The van der Waals surface area contributed by atoms with E-state index in [1.807, 2.05) is 12.1 Å². The van der Waals surface area contributed by atoms with Crippen molar-refractivity contribution in [3.05, 3.63) is 88.4 Å². The standard InChI is InChI=1S/C27H24ClN3O4S/c28-20-5-3-4-17(14-20)16-31-22-15-19(26(33)30-12-10-18(11-13-30)25(29)32)8-9-24(22)36(35)23-7-2-1-6-21(23)27(31)34/h1-9,14-15,18H,10-13,16H2,(H2,29,32)/t36-/m1/s1. The summed E-state index contributed by atoms with van der Waals surface area (Å²) in [6, 6.07) is 19.0. The van der Waals surface area contributed by atoms with E-state index in [-0.39, 0.29) is 30.2 Å². The number of benzene rings is 3. The number of fused-ring (bicyclic) bond motifs is 2. The number of carbonyl (C=O) groups excluding carboxylic acids is 3. The lowest BCUT2D eigenvalue weighted by Gasteiger charge is -2.31. The van der Waals surface area contributed by atoms with E-state index in [9.17, 15) is 18.6 Å². The van der Waals surface area contributed by atoms with Gasteiger partial charge in [-0.15, -0.1) is 0 Å². The monoisotopic (exact) mass is 521 g/mol. The maximum atomic E-state index is 13.7. The Bertz CT molecular complexity index is 1400. The second kappa shape index (κ2) is 9.87. The van der Waals surface area contributed by atoms with Gasteiger partial charge >= 0.3 is 0 Å². The van der Waals surface area contributed by atoms with E-state index < -0.39 is 10.8 Å². The number of nitrogens with two attached hydrogens (primary N) is 1. The zero-order chi connectivity index (χ0) is 25.4. The fraction of sp³-hybridized carbons (Fsp3) is 0.222. The van der Waals surface area contributed by atoms with Crippen LogP contribution in [0.3, 0.4) is 0 Å². The van der Waals surface area contributed by atoms with Crippen LogP contribution in [0.25, 0.3) is 0 Å². The minimum atomic E-state index is -1.61. The molecule has 2 N–H and O–H groups in total. The van der Waals surface area contributed by atoms with Crippen molar-refractivity contribution in [1.29, 1.82) is 0 Å². The van der Waals surface area contributed by atoms with Gasteiger partial charge in [0.15, 0.2) is 0 Å². The fourth-order valence-electron chi connectivity index (χ4n) is 4.72. The van der Waals surface area contributed by atoms with Crippen LogP contribution in [0.1, 0.15) is 39.1 Å². The van der Waals surface area contributed by atoms with Crippen molar-refractivity contribution in [3.63, 3.8) is 0 Å². The second-order valence-electron chi connectivity index (χ2n) is 8.94. The zero-order valence-electron chi connectivity index (χ0n) is 19.4. The molecule has 0 saturated carbocycles. The van der Waals surface area contributed by atoms with Crippen molar-refractivity contribution in [1.82, 2.24) is 4.90 Å². The number of halogens is 1. The number of primary amides is 1. The average Bonchev–Trinajstić information content (AvgIpc) is 2.98. The lowest BCUT2D eigenvalue weighted by atomic mass is 9.96. The van der Waals surface area contributed by atoms with Crippen molar-refractivity contribution in [2.75, 3.05) is 18.0 Å². The molecular formula is C27H24ClN3O4S. The Kier molecular flexibility index (Phi) is 6.64. The van der Waals surface area contributed by atoms with E-state index in [0.29, 0.717) is 57.6 Å². The quantitative estimate of drug-likeness (QED) is 0.560. The van der Waals surface area contributed by atoms with E-state index in [1.54, 1.807) is 64.4 Å². The molecule has 7 nitrogen and oxygen atoms in total. The molecule has 1 fully saturated rings. The third-order valence-corrected chi connectivity index (χ3v) is 8.41. The summed E-state index contributed by atoms with van der Waals surface area (Å²) in [4.78, 5) is 42.7. The Hall–Kier alpha value is -3.49. The molecule has 3 amide bonds. The maximum absolute atomic E-state index is 13.7. The lowest BCUT2D eigenvalue weighted by Crippen LogP contribution is -2.41. The molecule has 184 valence electrons.